The average molecular weight is 320 g/mol. The first-order chi connectivity index (χ1) is 10.7. The molecule has 0 spiro atoms. The van der Waals surface area contributed by atoms with Crippen LogP contribution in [0, 0.1) is 5.92 Å². The molecule has 3 rings (SSSR count). The van der Waals surface area contributed by atoms with Crippen LogP contribution in [0.4, 0.5) is 0 Å². The van der Waals surface area contributed by atoms with Gasteiger partial charge in [-0.25, -0.2) is 4.98 Å². The van der Waals surface area contributed by atoms with E-state index in [0.29, 0.717) is 13.2 Å². The van der Waals surface area contributed by atoms with Crippen LogP contribution in [0.3, 0.4) is 0 Å². The quantitative estimate of drug-likeness (QED) is 0.912. The Morgan fingerprint density at radius 2 is 2.45 bits per heavy atom. The van der Waals surface area contributed by atoms with Gasteiger partial charge < -0.3 is 10.1 Å². The van der Waals surface area contributed by atoms with Crippen molar-refractivity contribution in [1.29, 1.82) is 0 Å². The van der Waals surface area contributed by atoms with Gasteiger partial charge in [0.1, 0.15) is 6.10 Å². The fourth-order valence-electron chi connectivity index (χ4n) is 2.71. The van der Waals surface area contributed by atoms with Crippen molar-refractivity contribution < 1.29 is 9.53 Å². The lowest BCUT2D eigenvalue weighted by Gasteiger charge is -2.18. The standard InChI is InChI=1S/C15H20N4O2S/c1-3-13-18-10(9-22-13)8-16-15(20)11-5-7-21-14(11)12-4-6-17-19(12)2/h4,6,9,11,14H,3,5,7-8H2,1-2H3,(H,16,20)/t11-,14-/m1/s1. The van der Waals surface area contributed by atoms with Gasteiger partial charge in [0, 0.05) is 25.2 Å². The van der Waals surface area contributed by atoms with E-state index in [4.69, 9.17) is 4.74 Å². The van der Waals surface area contributed by atoms with E-state index in [1.54, 1.807) is 22.2 Å². The van der Waals surface area contributed by atoms with Crippen LogP contribution in [-0.2, 0) is 29.5 Å². The molecule has 1 N–H and O–H groups in total. The van der Waals surface area contributed by atoms with Crippen molar-refractivity contribution in [3.63, 3.8) is 0 Å². The summed E-state index contributed by atoms with van der Waals surface area (Å²) in [6, 6.07) is 1.91. The molecule has 2 atom stereocenters. The van der Waals surface area contributed by atoms with Crippen molar-refractivity contribution in [3.8, 4) is 0 Å². The minimum atomic E-state index is -0.214. The summed E-state index contributed by atoms with van der Waals surface area (Å²) in [5, 5.41) is 10.2. The van der Waals surface area contributed by atoms with Gasteiger partial charge in [0.2, 0.25) is 5.91 Å². The Bertz CT molecular complexity index is 652. The van der Waals surface area contributed by atoms with Crippen LogP contribution in [0.15, 0.2) is 17.6 Å². The summed E-state index contributed by atoms with van der Waals surface area (Å²) >= 11 is 1.64. The Morgan fingerprint density at radius 1 is 1.59 bits per heavy atom. The van der Waals surface area contributed by atoms with E-state index in [9.17, 15) is 4.79 Å². The first-order valence-corrected chi connectivity index (χ1v) is 8.37. The summed E-state index contributed by atoms with van der Waals surface area (Å²) in [5.41, 5.74) is 1.87. The second-order valence-corrected chi connectivity index (χ2v) is 6.31. The zero-order valence-corrected chi connectivity index (χ0v) is 13.6. The van der Waals surface area contributed by atoms with E-state index < -0.39 is 0 Å². The van der Waals surface area contributed by atoms with Crippen molar-refractivity contribution in [1.82, 2.24) is 20.1 Å². The lowest BCUT2D eigenvalue weighted by atomic mass is 9.98. The van der Waals surface area contributed by atoms with Gasteiger partial charge in [-0.2, -0.15) is 5.10 Å². The van der Waals surface area contributed by atoms with Gasteiger partial charge in [0.25, 0.3) is 0 Å². The highest BCUT2D eigenvalue weighted by molar-refractivity contribution is 7.09. The van der Waals surface area contributed by atoms with Crippen molar-refractivity contribution in [2.75, 3.05) is 6.61 Å². The molecule has 0 aliphatic carbocycles. The predicted molar refractivity (Wildman–Crippen MR) is 83.3 cm³/mol. The van der Waals surface area contributed by atoms with Crippen LogP contribution in [0.25, 0.3) is 0 Å². The van der Waals surface area contributed by atoms with Crippen LogP contribution < -0.4 is 5.32 Å². The molecule has 1 amide bonds. The Balaban J connectivity index is 1.62. The molecule has 0 radical (unpaired) electrons. The minimum Gasteiger partial charge on any atom is -0.371 e. The molecular formula is C15H20N4O2S. The fourth-order valence-corrected chi connectivity index (χ4v) is 3.46. The molecule has 0 unspecified atom stereocenters. The summed E-state index contributed by atoms with van der Waals surface area (Å²) in [7, 11) is 1.87. The zero-order chi connectivity index (χ0) is 15.5. The normalized spacial score (nSPS) is 21.2. The average Bonchev–Trinajstić information content (AvgIpc) is 3.24. The molecule has 2 aromatic heterocycles. The molecule has 0 aromatic carbocycles. The second kappa shape index (κ2) is 6.58. The molecule has 7 heteroatoms. The molecule has 0 bridgehead atoms. The topological polar surface area (TPSA) is 69.0 Å². The first-order valence-electron chi connectivity index (χ1n) is 7.49. The number of ether oxygens (including phenoxy) is 1. The molecule has 1 aliphatic heterocycles. The van der Waals surface area contributed by atoms with Crippen molar-refractivity contribution in [2.24, 2.45) is 13.0 Å². The summed E-state index contributed by atoms with van der Waals surface area (Å²) in [6.07, 6.45) is 3.18. The molecular weight excluding hydrogens is 300 g/mol. The number of nitrogens with zero attached hydrogens (tertiary/aromatic N) is 3. The molecule has 1 fully saturated rings. The predicted octanol–water partition coefficient (Wildman–Crippen LogP) is 1.83. The summed E-state index contributed by atoms with van der Waals surface area (Å²) < 4.78 is 7.52. The monoisotopic (exact) mass is 320 g/mol. The molecule has 2 aromatic rings. The second-order valence-electron chi connectivity index (χ2n) is 5.37. The van der Waals surface area contributed by atoms with Gasteiger partial charge in [-0.15, -0.1) is 11.3 Å². The summed E-state index contributed by atoms with van der Waals surface area (Å²) in [6.45, 7) is 3.16. The van der Waals surface area contributed by atoms with Gasteiger partial charge in [-0.05, 0) is 18.9 Å². The Hall–Kier alpha value is -1.73. The molecule has 1 saturated heterocycles. The lowest BCUT2D eigenvalue weighted by Crippen LogP contribution is -2.32. The van der Waals surface area contributed by atoms with Gasteiger partial charge in [-0.1, -0.05) is 6.92 Å². The maximum Gasteiger partial charge on any atom is 0.226 e. The van der Waals surface area contributed by atoms with E-state index >= 15 is 0 Å². The molecule has 1 aliphatic rings. The number of rotatable bonds is 5. The number of aromatic nitrogens is 3. The number of nitrogens with one attached hydrogen (secondary N) is 1. The van der Waals surface area contributed by atoms with Crippen LogP contribution in [0.5, 0.6) is 0 Å². The van der Waals surface area contributed by atoms with Crippen molar-refractivity contribution in [2.45, 2.75) is 32.4 Å². The Kier molecular flexibility index (Phi) is 4.54. The van der Waals surface area contributed by atoms with Gasteiger partial charge >= 0.3 is 0 Å². The molecule has 118 valence electrons. The van der Waals surface area contributed by atoms with E-state index in [1.165, 1.54) is 0 Å². The van der Waals surface area contributed by atoms with Crippen LogP contribution in [0.1, 0.15) is 35.8 Å². The number of amides is 1. The van der Waals surface area contributed by atoms with E-state index in [1.807, 2.05) is 18.5 Å². The summed E-state index contributed by atoms with van der Waals surface area (Å²) in [5.74, 6) is -0.144. The first kappa shape index (κ1) is 15.2. The van der Waals surface area contributed by atoms with E-state index in [0.717, 1.165) is 29.2 Å². The molecule has 22 heavy (non-hydrogen) atoms. The Labute approximate surface area is 133 Å². The van der Waals surface area contributed by atoms with Crippen LogP contribution >= 0.6 is 11.3 Å². The third-order valence-electron chi connectivity index (χ3n) is 3.92. The third-order valence-corrected chi connectivity index (χ3v) is 4.97. The maximum absolute atomic E-state index is 12.5. The molecule has 3 heterocycles. The number of hydrogen-bond acceptors (Lipinski definition) is 5. The number of carbonyl (C=O) groups excluding carboxylic acids is 1. The van der Waals surface area contributed by atoms with E-state index in [2.05, 4.69) is 22.3 Å². The highest BCUT2D eigenvalue weighted by atomic mass is 32.1. The molecule has 6 nitrogen and oxygen atoms in total. The lowest BCUT2D eigenvalue weighted by molar-refractivity contribution is -0.127. The Morgan fingerprint density at radius 3 is 3.14 bits per heavy atom. The number of hydrogen-bond donors (Lipinski definition) is 1. The number of thiazole rings is 1. The highest BCUT2D eigenvalue weighted by Gasteiger charge is 2.36. The fraction of sp³-hybridized carbons (Fsp3) is 0.533. The van der Waals surface area contributed by atoms with Crippen molar-refractivity contribution in [3.05, 3.63) is 34.0 Å². The smallest absolute Gasteiger partial charge is 0.226 e. The number of aryl methyl sites for hydroxylation is 2. The third kappa shape index (κ3) is 3.05. The molecule has 0 saturated carbocycles. The highest BCUT2D eigenvalue weighted by Crippen LogP contribution is 2.34. The minimum absolute atomic E-state index is 0.0229. The van der Waals surface area contributed by atoms with Crippen molar-refractivity contribution >= 4 is 17.2 Å². The SMILES string of the molecule is CCc1nc(CNC(=O)[C@@H]2CCO[C@H]2c2ccnn2C)cs1. The van der Waals surface area contributed by atoms with Crippen LogP contribution in [-0.4, -0.2) is 27.3 Å². The number of carbonyl (C=O) groups is 1. The largest absolute Gasteiger partial charge is 0.371 e. The van der Waals surface area contributed by atoms with Gasteiger partial charge in [0.05, 0.1) is 28.9 Å². The summed E-state index contributed by atoms with van der Waals surface area (Å²) in [4.78, 5) is 16.9. The van der Waals surface area contributed by atoms with Gasteiger partial charge in [-0.3, -0.25) is 9.48 Å². The zero-order valence-electron chi connectivity index (χ0n) is 12.8. The maximum atomic E-state index is 12.5. The van der Waals surface area contributed by atoms with Gasteiger partial charge in [0.15, 0.2) is 0 Å². The van der Waals surface area contributed by atoms with Crippen LogP contribution in [0.2, 0.25) is 0 Å². The van der Waals surface area contributed by atoms with E-state index in [-0.39, 0.29) is 17.9 Å².